The molecule has 0 unspecified atom stereocenters. The highest BCUT2D eigenvalue weighted by atomic mass is 32.1. The maximum atomic E-state index is 12.2. The Balaban J connectivity index is 1.69. The van der Waals surface area contributed by atoms with Gasteiger partial charge < -0.3 is 9.88 Å². The third-order valence-electron chi connectivity index (χ3n) is 4.19. The minimum absolute atomic E-state index is 0.136. The van der Waals surface area contributed by atoms with Gasteiger partial charge in [0, 0.05) is 35.8 Å². The van der Waals surface area contributed by atoms with Gasteiger partial charge in [-0.15, -0.1) is 11.3 Å². The summed E-state index contributed by atoms with van der Waals surface area (Å²) >= 11 is 1.80. The highest BCUT2D eigenvalue weighted by Gasteiger charge is 2.16. The molecule has 1 N–H and O–H groups in total. The number of pyridine rings is 1. The zero-order valence-electron chi connectivity index (χ0n) is 12.7. The zero-order valence-corrected chi connectivity index (χ0v) is 13.5. The molecule has 1 amide bonds. The summed E-state index contributed by atoms with van der Waals surface area (Å²) in [4.78, 5) is 25.5. The zero-order chi connectivity index (χ0) is 15.5. The fraction of sp³-hybridized carbons (Fsp3) is 0.412. The number of aromatic nitrogens is 1. The molecule has 0 spiro atoms. The van der Waals surface area contributed by atoms with Crippen LogP contribution in [-0.4, -0.2) is 10.5 Å². The van der Waals surface area contributed by atoms with E-state index in [-0.39, 0.29) is 11.5 Å². The predicted octanol–water partition coefficient (Wildman–Crippen LogP) is 2.74. The Labute approximate surface area is 133 Å². The third kappa shape index (κ3) is 2.99. The molecule has 0 aliphatic heterocycles. The summed E-state index contributed by atoms with van der Waals surface area (Å²) < 4.78 is 1.58. The lowest BCUT2D eigenvalue weighted by atomic mass is 9.96. The number of carbonyl (C=O) groups excluding carboxylic acids is 1. The van der Waals surface area contributed by atoms with Gasteiger partial charge in [0.05, 0.1) is 0 Å². The second-order valence-corrected chi connectivity index (χ2v) is 6.56. The molecule has 0 saturated carbocycles. The van der Waals surface area contributed by atoms with Crippen molar-refractivity contribution < 1.29 is 4.79 Å². The van der Waals surface area contributed by atoms with Crippen LogP contribution in [0.3, 0.4) is 0 Å². The van der Waals surface area contributed by atoms with Crippen molar-refractivity contribution >= 4 is 17.2 Å². The van der Waals surface area contributed by atoms with Crippen molar-refractivity contribution in [1.29, 1.82) is 0 Å². The van der Waals surface area contributed by atoms with Crippen LogP contribution >= 0.6 is 11.3 Å². The normalized spacial score (nSPS) is 13.7. The molecule has 2 aromatic rings. The number of fused-ring (bicyclic) bond motifs is 1. The summed E-state index contributed by atoms with van der Waals surface area (Å²) in [6, 6.07) is 3.10. The second-order valence-electron chi connectivity index (χ2n) is 5.59. The molecule has 2 aromatic heterocycles. The smallest absolute Gasteiger partial charge is 0.251 e. The average Bonchev–Trinajstić information content (AvgIpc) is 2.95. The quantitative estimate of drug-likeness (QED) is 0.943. The fourth-order valence-electron chi connectivity index (χ4n) is 2.90. The van der Waals surface area contributed by atoms with Gasteiger partial charge in [0.15, 0.2) is 0 Å². The maximum Gasteiger partial charge on any atom is 0.251 e. The molecule has 3 rings (SSSR count). The molecule has 1 aliphatic rings. The summed E-state index contributed by atoms with van der Waals surface area (Å²) in [6.07, 6.45) is 6.47. The maximum absolute atomic E-state index is 12.2. The molecule has 1 aliphatic carbocycles. The lowest BCUT2D eigenvalue weighted by molar-refractivity contribution is 0.0950. The Hall–Kier alpha value is -1.88. The van der Waals surface area contributed by atoms with Gasteiger partial charge in [-0.2, -0.15) is 0 Å². The highest BCUT2D eigenvalue weighted by molar-refractivity contribution is 7.10. The minimum Gasteiger partial charge on any atom is -0.348 e. The van der Waals surface area contributed by atoms with Crippen LogP contribution in [0.2, 0.25) is 0 Å². The molecule has 0 saturated heterocycles. The van der Waals surface area contributed by atoms with E-state index < -0.39 is 0 Å². The summed E-state index contributed by atoms with van der Waals surface area (Å²) in [6.45, 7) is 3.06. The first-order valence-electron chi connectivity index (χ1n) is 7.76. The third-order valence-corrected chi connectivity index (χ3v) is 5.32. The molecule has 0 bridgehead atoms. The molecular formula is C17H20N2O2S. The van der Waals surface area contributed by atoms with Crippen LogP contribution in [0.25, 0.3) is 0 Å². The van der Waals surface area contributed by atoms with E-state index in [1.807, 2.05) is 6.92 Å². The number of carbonyl (C=O) groups is 1. The van der Waals surface area contributed by atoms with Crippen LogP contribution in [0.1, 0.15) is 46.1 Å². The van der Waals surface area contributed by atoms with Gasteiger partial charge in [-0.25, -0.2) is 0 Å². The van der Waals surface area contributed by atoms with Crippen molar-refractivity contribution in [3.8, 4) is 0 Å². The van der Waals surface area contributed by atoms with Crippen LogP contribution in [0, 0.1) is 0 Å². The number of rotatable bonds is 4. The van der Waals surface area contributed by atoms with Gasteiger partial charge in [-0.3, -0.25) is 9.59 Å². The van der Waals surface area contributed by atoms with Gasteiger partial charge in [-0.1, -0.05) is 0 Å². The standard InChI is InChI=1S/C17H20N2O2S/c1-2-19-8-7-12(9-16(19)20)17(21)18-10-13-11-22-15-6-4-3-5-14(13)15/h7-9,11H,2-6,10H2,1H3,(H,18,21). The summed E-state index contributed by atoms with van der Waals surface area (Å²) in [5.41, 5.74) is 2.95. The van der Waals surface area contributed by atoms with E-state index in [4.69, 9.17) is 0 Å². The van der Waals surface area contributed by atoms with Crippen molar-refractivity contribution in [2.45, 2.75) is 45.7 Å². The molecule has 0 aromatic carbocycles. The molecule has 4 nitrogen and oxygen atoms in total. The van der Waals surface area contributed by atoms with Crippen molar-refractivity contribution in [1.82, 2.24) is 9.88 Å². The highest BCUT2D eigenvalue weighted by Crippen LogP contribution is 2.30. The topological polar surface area (TPSA) is 51.1 Å². The van der Waals surface area contributed by atoms with Crippen LogP contribution in [0.5, 0.6) is 0 Å². The SMILES string of the molecule is CCn1ccc(C(=O)NCc2csc3c2CCCC3)cc1=O. The van der Waals surface area contributed by atoms with Crippen LogP contribution < -0.4 is 10.9 Å². The lowest BCUT2D eigenvalue weighted by Crippen LogP contribution is -2.26. The number of hydrogen-bond donors (Lipinski definition) is 1. The Kier molecular flexibility index (Phi) is 4.43. The lowest BCUT2D eigenvalue weighted by Gasteiger charge is -2.13. The Morgan fingerprint density at radius 2 is 2.18 bits per heavy atom. The number of nitrogens with zero attached hydrogens (tertiary/aromatic N) is 1. The molecule has 116 valence electrons. The minimum atomic E-state index is -0.184. The molecular weight excluding hydrogens is 296 g/mol. The Morgan fingerprint density at radius 3 is 2.95 bits per heavy atom. The van der Waals surface area contributed by atoms with Gasteiger partial charge in [0.2, 0.25) is 0 Å². The van der Waals surface area contributed by atoms with Crippen LogP contribution in [0.4, 0.5) is 0 Å². The van der Waals surface area contributed by atoms with Crippen molar-refractivity contribution in [2.24, 2.45) is 0 Å². The van der Waals surface area contributed by atoms with Crippen LogP contribution in [-0.2, 0) is 25.9 Å². The first kappa shape index (κ1) is 15.0. The first-order valence-corrected chi connectivity index (χ1v) is 8.64. The average molecular weight is 316 g/mol. The second kappa shape index (κ2) is 6.48. The molecule has 0 radical (unpaired) electrons. The van der Waals surface area contributed by atoms with E-state index in [1.165, 1.54) is 41.3 Å². The van der Waals surface area contributed by atoms with Gasteiger partial charge in [-0.05, 0) is 55.2 Å². The number of nitrogens with one attached hydrogen (secondary N) is 1. The van der Waals surface area contributed by atoms with E-state index in [9.17, 15) is 9.59 Å². The molecule has 0 fully saturated rings. The van der Waals surface area contributed by atoms with Gasteiger partial charge in [0.1, 0.15) is 0 Å². The Morgan fingerprint density at radius 1 is 1.36 bits per heavy atom. The van der Waals surface area contributed by atoms with Crippen molar-refractivity contribution in [2.75, 3.05) is 0 Å². The van der Waals surface area contributed by atoms with E-state index >= 15 is 0 Å². The van der Waals surface area contributed by atoms with E-state index in [0.29, 0.717) is 18.7 Å². The van der Waals surface area contributed by atoms with Gasteiger partial charge >= 0.3 is 0 Å². The number of aryl methyl sites for hydroxylation is 2. The number of amides is 1. The molecule has 2 heterocycles. The van der Waals surface area contributed by atoms with E-state index in [1.54, 1.807) is 28.2 Å². The number of hydrogen-bond acceptors (Lipinski definition) is 3. The largest absolute Gasteiger partial charge is 0.348 e. The summed E-state index contributed by atoms with van der Waals surface area (Å²) in [5, 5.41) is 5.09. The van der Waals surface area contributed by atoms with E-state index in [2.05, 4.69) is 10.7 Å². The van der Waals surface area contributed by atoms with Crippen LogP contribution in [0.15, 0.2) is 28.5 Å². The number of thiophene rings is 1. The van der Waals surface area contributed by atoms with Crippen molar-refractivity contribution in [3.05, 3.63) is 55.6 Å². The fourth-order valence-corrected chi connectivity index (χ4v) is 4.04. The molecule has 5 heteroatoms. The van der Waals surface area contributed by atoms with Gasteiger partial charge in [0.25, 0.3) is 11.5 Å². The first-order chi connectivity index (χ1) is 10.7. The summed E-state index contributed by atoms with van der Waals surface area (Å²) in [7, 11) is 0. The predicted molar refractivity (Wildman–Crippen MR) is 88.5 cm³/mol. The van der Waals surface area contributed by atoms with E-state index in [0.717, 1.165) is 6.42 Å². The monoisotopic (exact) mass is 316 g/mol. The van der Waals surface area contributed by atoms with Crippen molar-refractivity contribution in [3.63, 3.8) is 0 Å². The Bertz CT molecular complexity index is 745. The molecule has 22 heavy (non-hydrogen) atoms. The molecule has 0 atom stereocenters. The summed E-state index contributed by atoms with van der Waals surface area (Å²) in [5.74, 6) is -0.184.